The van der Waals surface area contributed by atoms with E-state index in [4.69, 9.17) is 5.11 Å². The molecule has 0 saturated heterocycles. The quantitative estimate of drug-likeness (QED) is 0.581. The number of hydrogen-bond acceptors (Lipinski definition) is 5. The van der Waals surface area contributed by atoms with Gasteiger partial charge in [0.1, 0.15) is 6.04 Å². The van der Waals surface area contributed by atoms with Gasteiger partial charge in [-0.15, -0.1) is 0 Å². The second-order valence-corrected chi connectivity index (χ2v) is 5.67. The van der Waals surface area contributed by atoms with Gasteiger partial charge in [0.05, 0.1) is 12.9 Å². The lowest BCUT2D eigenvalue weighted by Crippen LogP contribution is -2.42. The Kier molecular flexibility index (Phi) is 7.53. The minimum atomic E-state index is -3.63. The van der Waals surface area contributed by atoms with Crippen LogP contribution < -0.4 is 4.72 Å². The number of carbonyl (C=O) groups is 2. The highest BCUT2D eigenvalue weighted by molar-refractivity contribution is 7.89. The van der Waals surface area contributed by atoms with Crippen LogP contribution in [-0.2, 0) is 24.3 Å². The van der Waals surface area contributed by atoms with Gasteiger partial charge in [-0.3, -0.25) is 9.59 Å². The highest BCUT2D eigenvalue weighted by atomic mass is 32.2. The van der Waals surface area contributed by atoms with Crippen molar-refractivity contribution >= 4 is 22.0 Å². The normalized spacial score (nSPS) is 13.0. The molecule has 0 aliphatic carbocycles. The van der Waals surface area contributed by atoms with Gasteiger partial charge < -0.3 is 9.84 Å². The van der Waals surface area contributed by atoms with E-state index < -0.39 is 28.0 Å². The molecule has 0 aromatic carbocycles. The molecular formula is C10H19NO6S. The third-order valence-corrected chi connectivity index (χ3v) is 3.72. The Morgan fingerprint density at radius 2 is 2.00 bits per heavy atom. The lowest BCUT2D eigenvalue weighted by atomic mass is 10.2. The average molecular weight is 281 g/mol. The topological polar surface area (TPSA) is 110 Å². The maximum Gasteiger partial charge on any atom is 0.321 e. The van der Waals surface area contributed by atoms with Crippen LogP contribution in [0.4, 0.5) is 0 Å². The van der Waals surface area contributed by atoms with Gasteiger partial charge in [0.2, 0.25) is 10.0 Å². The molecular weight excluding hydrogens is 262 g/mol. The number of esters is 1. The van der Waals surface area contributed by atoms with Gasteiger partial charge in [-0.2, -0.15) is 0 Å². The molecule has 0 heterocycles. The first kappa shape index (κ1) is 16.9. The zero-order valence-corrected chi connectivity index (χ0v) is 11.3. The van der Waals surface area contributed by atoms with Crippen LogP contribution in [0.15, 0.2) is 0 Å². The Morgan fingerprint density at radius 1 is 1.39 bits per heavy atom. The van der Waals surface area contributed by atoms with Crippen LogP contribution >= 0.6 is 0 Å². The van der Waals surface area contributed by atoms with Crippen LogP contribution in [0.3, 0.4) is 0 Å². The average Bonchev–Trinajstić information content (AvgIpc) is 2.31. The Hall–Kier alpha value is -1.15. The van der Waals surface area contributed by atoms with Crippen molar-refractivity contribution in [3.05, 3.63) is 0 Å². The molecule has 1 unspecified atom stereocenters. The van der Waals surface area contributed by atoms with E-state index >= 15 is 0 Å². The number of rotatable bonds is 9. The van der Waals surface area contributed by atoms with E-state index in [0.717, 1.165) is 0 Å². The van der Waals surface area contributed by atoms with Gasteiger partial charge >= 0.3 is 11.9 Å². The molecule has 8 heteroatoms. The van der Waals surface area contributed by atoms with Crippen molar-refractivity contribution in [2.75, 3.05) is 12.9 Å². The van der Waals surface area contributed by atoms with Crippen LogP contribution in [0.25, 0.3) is 0 Å². The minimum absolute atomic E-state index is 0.120. The molecule has 0 aromatic rings. The summed E-state index contributed by atoms with van der Waals surface area (Å²) in [7, 11) is -2.44. The second-order valence-electron chi connectivity index (χ2n) is 3.80. The van der Waals surface area contributed by atoms with Gasteiger partial charge in [-0.05, 0) is 12.8 Å². The SMILES string of the molecule is CCCCS(=O)(=O)NC(CCC(=O)OC)C(=O)O. The van der Waals surface area contributed by atoms with Crippen LogP contribution in [-0.4, -0.2) is 44.4 Å². The molecule has 0 bridgehead atoms. The van der Waals surface area contributed by atoms with Crippen molar-refractivity contribution in [1.82, 2.24) is 4.72 Å². The number of sulfonamides is 1. The molecule has 0 saturated carbocycles. The summed E-state index contributed by atoms with van der Waals surface area (Å²) in [5, 5.41) is 8.87. The molecule has 0 fully saturated rings. The van der Waals surface area contributed by atoms with Crippen molar-refractivity contribution in [3.63, 3.8) is 0 Å². The number of carboxylic acid groups (broad SMARTS) is 1. The molecule has 2 N–H and O–H groups in total. The van der Waals surface area contributed by atoms with Gasteiger partial charge in [0, 0.05) is 6.42 Å². The van der Waals surface area contributed by atoms with Gasteiger partial charge in [0.25, 0.3) is 0 Å². The van der Waals surface area contributed by atoms with Crippen molar-refractivity contribution < 1.29 is 27.9 Å². The monoisotopic (exact) mass is 281 g/mol. The number of hydrogen-bond donors (Lipinski definition) is 2. The summed E-state index contributed by atoms with van der Waals surface area (Å²) in [5.41, 5.74) is 0. The predicted molar refractivity (Wildman–Crippen MR) is 64.5 cm³/mol. The molecule has 1 atom stereocenters. The fourth-order valence-electron chi connectivity index (χ4n) is 1.21. The Bertz CT molecular complexity index is 378. The van der Waals surface area contributed by atoms with Gasteiger partial charge in [-0.1, -0.05) is 13.3 Å². The summed E-state index contributed by atoms with van der Waals surface area (Å²) in [6.07, 6.45) is 0.872. The molecule has 0 rings (SSSR count). The summed E-state index contributed by atoms with van der Waals surface area (Å²) in [6, 6.07) is -1.30. The minimum Gasteiger partial charge on any atom is -0.480 e. The molecule has 18 heavy (non-hydrogen) atoms. The van der Waals surface area contributed by atoms with Crippen molar-refractivity contribution in [3.8, 4) is 0 Å². The van der Waals surface area contributed by atoms with E-state index in [9.17, 15) is 18.0 Å². The summed E-state index contributed by atoms with van der Waals surface area (Å²) < 4.78 is 29.5. The van der Waals surface area contributed by atoms with Crippen LogP contribution in [0.1, 0.15) is 32.6 Å². The third kappa shape index (κ3) is 7.23. The molecule has 0 aliphatic heterocycles. The molecule has 7 nitrogen and oxygen atoms in total. The Morgan fingerprint density at radius 3 is 2.44 bits per heavy atom. The molecule has 0 amide bonds. The van der Waals surface area contributed by atoms with E-state index in [1.165, 1.54) is 7.11 Å². The molecule has 0 spiro atoms. The maximum atomic E-state index is 11.5. The van der Waals surface area contributed by atoms with E-state index in [-0.39, 0.29) is 18.6 Å². The van der Waals surface area contributed by atoms with Crippen LogP contribution in [0.5, 0.6) is 0 Å². The number of ether oxygens (including phenoxy) is 1. The highest BCUT2D eigenvalue weighted by Gasteiger charge is 2.24. The van der Waals surface area contributed by atoms with Crippen LogP contribution in [0.2, 0.25) is 0 Å². The zero-order valence-electron chi connectivity index (χ0n) is 10.5. The van der Waals surface area contributed by atoms with Gasteiger partial charge in [0.15, 0.2) is 0 Å². The first-order valence-corrected chi connectivity index (χ1v) is 7.27. The highest BCUT2D eigenvalue weighted by Crippen LogP contribution is 2.03. The smallest absolute Gasteiger partial charge is 0.321 e. The standard InChI is InChI=1S/C10H19NO6S/c1-3-4-7-18(15,16)11-8(10(13)14)5-6-9(12)17-2/h8,11H,3-7H2,1-2H3,(H,13,14). The maximum absolute atomic E-state index is 11.5. The predicted octanol–water partition coefficient (Wildman–Crippen LogP) is 0.112. The lowest BCUT2D eigenvalue weighted by Gasteiger charge is -2.13. The third-order valence-electron chi connectivity index (χ3n) is 2.25. The second kappa shape index (κ2) is 8.04. The summed E-state index contributed by atoms with van der Waals surface area (Å²) >= 11 is 0. The first-order chi connectivity index (χ1) is 8.32. The van der Waals surface area contributed by atoms with Crippen molar-refractivity contribution in [2.24, 2.45) is 0 Å². The van der Waals surface area contributed by atoms with E-state index in [0.29, 0.717) is 12.8 Å². The fraction of sp³-hybridized carbons (Fsp3) is 0.800. The first-order valence-electron chi connectivity index (χ1n) is 5.62. The van der Waals surface area contributed by atoms with Gasteiger partial charge in [-0.25, -0.2) is 13.1 Å². The number of methoxy groups -OCH3 is 1. The molecule has 0 aliphatic rings. The number of unbranched alkanes of at least 4 members (excludes halogenated alkanes) is 1. The molecule has 0 aromatic heterocycles. The zero-order chi connectivity index (χ0) is 14.2. The number of aliphatic carboxylic acids is 1. The summed E-state index contributed by atoms with van der Waals surface area (Å²) in [5.74, 6) is -2.00. The number of carboxylic acids is 1. The Balaban J connectivity index is 4.44. The number of nitrogens with one attached hydrogen (secondary N) is 1. The Labute approximate surface area is 107 Å². The number of carbonyl (C=O) groups excluding carboxylic acids is 1. The summed E-state index contributed by atoms with van der Waals surface area (Å²) in [4.78, 5) is 21.8. The summed E-state index contributed by atoms with van der Waals surface area (Å²) in [6.45, 7) is 1.83. The van der Waals surface area contributed by atoms with Crippen molar-refractivity contribution in [1.29, 1.82) is 0 Å². The lowest BCUT2D eigenvalue weighted by molar-refractivity contribution is -0.142. The van der Waals surface area contributed by atoms with E-state index in [1.54, 1.807) is 0 Å². The fourth-order valence-corrected chi connectivity index (χ4v) is 2.65. The largest absolute Gasteiger partial charge is 0.480 e. The van der Waals surface area contributed by atoms with Crippen LogP contribution in [0, 0.1) is 0 Å². The molecule has 0 radical (unpaired) electrons. The van der Waals surface area contributed by atoms with E-state index in [2.05, 4.69) is 9.46 Å². The van der Waals surface area contributed by atoms with E-state index in [1.807, 2.05) is 6.92 Å². The van der Waals surface area contributed by atoms with Crippen molar-refractivity contribution in [2.45, 2.75) is 38.6 Å². The molecule has 106 valence electrons.